The second-order valence-electron chi connectivity index (χ2n) is 5.91. The van der Waals surface area contributed by atoms with Crippen LogP contribution < -0.4 is 4.90 Å². The molecule has 0 fully saturated rings. The topological polar surface area (TPSA) is 69.9 Å². The van der Waals surface area contributed by atoms with Gasteiger partial charge < -0.3 is 0 Å². The van der Waals surface area contributed by atoms with Crippen LogP contribution in [0.3, 0.4) is 0 Å². The highest BCUT2D eigenvalue weighted by Crippen LogP contribution is 2.30. The number of carbonyl (C=O) groups excluding carboxylic acids is 1. The van der Waals surface area contributed by atoms with Crippen molar-refractivity contribution < 1.29 is 4.79 Å². The fraction of sp³-hybridized carbons (Fsp3) is 0.0476. The van der Waals surface area contributed by atoms with Crippen LogP contribution in [0, 0.1) is 11.3 Å². The zero-order valence-electron chi connectivity index (χ0n) is 14.2. The van der Waals surface area contributed by atoms with Gasteiger partial charge in [-0.25, -0.2) is 4.98 Å². The van der Waals surface area contributed by atoms with Crippen LogP contribution in [0.1, 0.15) is 21.5 Å². The van der Waals surface area contributed by atoms with Crippen molar-refractivity contribution in [1.29, 1.82) is 5.26 Å². The number of pyridine rings is 1. The molecule has 2 heterocycles. The molecule has 0 radical (unpaired) electrons. The van der Waals surface area contributed by atoms with Gasteiger partial charge in [0.15, 0.2) is 5.13 Å². The standard InChI is InChI=1S/C21H14N4OS/c22-12-15-7-9-17(10-8-15)20(26)25(14-16-4-3-11-23-13-16)21-24-18-5-1-2-6-19(18)27-21/h1-11,13H,14H2. The fourth-order valence-corrected chi connectivity index (χ4v) is 3.68. The number of anilines is 1. The highest BCUT2D eigenvalue weighted by molar-refractivity contribution is 7.22. The van der Waals surface area contributed by atoms with Gasteiger partial charge in [-0.3, -0.25) is 14.7 Å². The van der Waals surface area contributed by atoms with Gasteiger partial charge in [-0.1, -0.05) is 29.5 Å². The lowest BCUT2D eigenvalue weighted by molar-refractivity contribution is 0.0985. The summed E-state index contributed by atoms with van der Waals surface area (Å²) in [6.45, 7) is 0.368. The fourth-order valence-electron chi connectivity index (χ4n) is 2.72. The van der Waals surface area contributed by atoms with Gasteiger partial charge in [0.2, 0.25) is 0 Å². The van der Waals surface area contributed by atoms with Crippen LogP contribution in [0.15, 0.2) is 73.1 Å². The Labute approximate surface area is 160 Å². The molecule has 1 amide bonds. The molecule has 5 nitrogen and oxygen atoms in total. The number of hydrogen-bond acceptors (Lipinski definition) is 5. The largest absolute Gasteiger partial charge is 0.279 e. The van der Waals surface area contributed by atoms with E-state index in [0.29, 0.717) is 22.8 Å². The smallest absolute Gasteiger partial charge is 0.260 e. The van der Waals surface area contributed by atoms with Crippen molar-refractivity contribution in [3.8, 4) is 6.07 Å². The Morgan fingerprint density at radius 3 is 2.59 bits per heavy atom. The lowest BCUT2D eigenvalue weighted by Gasteiger charge is -2.20. The van der Waals surface area contributed by atoms with Crippen molar-refractivity contribution in [1.82, 2.24) is 9.97 Å². The van der Waals surface area contributed by atoms with Gasteiger partial charge in [-0.05, 0) is 48.0 Å². The number of amides is 1. The number of rotatable bonds is 4. The summed E-state index contributed by atoms with van der Waals surface area (Å²) in [5.41, 5.74) is 2.81. The van der Waals surface area contributed by atoms with E-state index in [4.69, 9.17) is 5.26 Å². The maximum absolute atomic E-state index is 13.2. The summed E-state index contributed by atoms with van der Waals surface area (Å²) in [6, 6.07) is 20.3. The third-order valence-electron chi connectivity index (χ3n) is 4.08. The highest BCUT2D eigenvalue weighted by Gasteiger charge is 2.21. The monoisotopic (exact) mass is 370 g/mol. The van der Waals surface area contributed by atoms with Crippen LogP contribution >= 0.6 is 11.3 Å². The maximum atomic E-state index is 13.2. The molecule has 130 valence electrons. The van der Waals surface area contributed by atoms with E-state index in [1.807, 2.05) is 36.4 Å². The molecule has 0 bridgehead atoms. The summed E-state index contributed by atoms with van der Waals surface area (Å²) >= 11 is 1.48. The van der Waals surface area contributed by atoms with Gasteiger partial charge in [-0.2, -0.15) is 5.26 Å². The quantitative estimate of drug-likeness (QED) is 0.533. The molecule has 0 saturated heterocycles. The first kappa shape index (κ1) is 16.9. The van der Waals surface area contributed by atoms with E-state index in [0.717, 1.165) is 15.8 Å². The van der Waals surface area contributed by atoms with Gasteiger partial charge in [0.25, 0.3) is 5.91 Å². The Balaban J connectivity index is 1.74. The molecule has 27 heavy (non-hydrogen) atoms. The van der Waals surface area contributed by atoms with Crippen LogP contribution in [0.2, 0.25) is 0 Å². The van der Waals surface area contributed by atoms with E-state index < -0.39 is 0 Å². The molecule has 0 aliphatic carbocycles. The molecular formula is C21H14N4OS. The van der Waals surface area contributed by atoms with Gasteiger partial charge in [-0.15, -0.1) is 0 Å². The second-order valence-corrected chi connectivity index (χ2v) is 6.91. The third kappa shape index (κ3) is 3.54. The van der Waals surface area contributed by atoms with Crippen molar-refractivity contribution >= 4 is 32.6 Å². The highest BCUT2D eigenvalue weighted by atomic mass is 32.1. The van der Waals surface area contributed by atoms with E-state index in [2.05, 4.69) is 16.0 Å². The number of nitrogens with zero attached hydrogens (tertiary/aromatic N) is 4. The van der Waals surface area contributed by atoms with Crippen LogP contribution in [-0.4, -0.2) is 15.9 Å². The van der Waals surface area contributed by atoms with Gasteiger partial charge in [0.1, 0.15) is 0 Å². The van der Waals surface area contributed by atoms with Crippen molar-refractivity contribution in [2.75, 3.05) is 4.90 Å². The minimum Gasteiger partial charge on any atom is -0.279 e. The van der Waals surface area contributed by atoms with E-state index in [9.17, 15) is 4.79 Å². The molecule has 2 aromatic carbocycles. The number of carbonyl (C=O) groups is 1. The summed E-state index contributed by atoms with van der Waals surface area (Å²) in [5, 5.41) is 9.60. The summed E-state index contributed by atoms with van der Waals surface area (Å²) in [4.78, 5) is 23.6. The summed E-state index contributed by atoms with van der Waals surface area (Å²) in [5.74, 6) is -0.164. The van der Waals surface area contributed by atoms with Crippen LogP contribution in [0.5, 0.6) is 0 Å². The third-order valence-corrected chi connectivity index (χ3v) is 5.14. The van der Waals surface area contributed by atoms with E-state index in [1.54, 1.807) is 41.6 Å². The number of para-hydroxylation sites is 1. The number of nitriles is 1. The molecular weight excluding hydrogens is 356 g/mol. The van der Waals surface area contributed by atoms with Gasteiger partial charge in [0.05, 0.1) is 28.4 Å². The van der Waals surface area contributed by atoms with E-state index in [1.165, 1.54) is 11.3 Å². The van der Waals surface area contributed by atoms with Crippen LogP contribution in [0.25, 0.3) is 10.2 Å². The number of benzene rings is 2. The van der Waals surface area contributed by atoms with E-state index in [-0.39, 0.29) is 5.91 Å². The number of thiazole rings is 1. The zero-order chi connectivity index (χ0) is 18.6. The van der Waals surface area contributed by atoms with Crippen molar-refractivity contribution in [3.05, 3.63) is 89.7 Å². The Bertz CT molecular complexity index is 1100. The lowest BCUT2D eigenvalue weighted by atomic mass is 10.1. The second kappa shape index (κ2) is 7.36. The molecule has 0 saturated carbocycles. The van der Waals surface area contributed by atoms with E-state index >= 15 is 0 Å². The summed E-state index contributed by atoms with van der Waals surface area (Å²) in [6.07, 6.45) is 3.44. The average molecular weight is 370 g/mol. The molecule has 0 N–H and O–H groups in total. The molecule has 0 unspecified atom stereocenters. The molecule has 2 aromatic heterocycles. The first-order chi connectivity index (χ1) is 13.2. The Morgan fingerprint density at radius 1 is 1.07 bits per heavy atom. The maximum Gasteiger partial charge on any atom is 0.260 e. The number of aromatic nitrogens is 2. The SMILES string of the molecule is N#Cc1ccc(C(=O)N(Cc2cccnc2)c2nc3ccccc3s2)cc1. The van der Waals surface area contributed by atoms with Crippen molar-refractivity contribution in [3.63, 3.8) is 0 Å². The minimum absolute atomic E-state index is 0.164. The molecule has 0 aliphatic rings. The Kier molecular flexibility index (Phi) is 4.60. The van der Waals surface area contributed by atoms with Crippen LogP contribution in [-0.2, 0) is 6.54 Å². The predicted molar refractivity (Wildman–Crippen MR) is 106 cm³/mol. The van der Waals surface area contributed by atoms with Gasteiger partial charge in [0, 0.05) is 18.0 Å². The number of hydrogen-bond donors (Lipinski definition) is 0. The Morgan fingerprint density at radius 2 is 1.89 bits per heavy atom. The zero-order valence-corrected chi connectivity index (χ0v) is 15.1. The minimum atomic E-state index is -0.164. The molecule has 4 aromatic rings. The van der Waals surface area contributed by atoms with Crippen molar-refractivity contribution in [2.24, 2.45) is 0 Å². The first-order valence-corrected chi connectivity index (χ1v) is 9.13. The molecule has 0 aliphatic heterocycles. The van der Waals surface area contributed by atoms with Gasteiger partial charge >= 0.3 is 0 Å². The average Bonchev–Trinajstić information content (AvgIpc) is 3.16. The summed E-state index contributed by atoms with van der Waals surface area (Å²) in [7, 11) is 0. The lowest BCUT2D eigenvalue weighted by Crippen LogP contribution is -2.30. The predicted octanol–water partition coefficient (Wildman–Crippen LogP) is 4.41. The van der Waals surface area contributed by atoms with Crippen molar-refractivity contribution in [2.45, 2.75) is 6.54 Å². The molecule has 0 spiro atoms. The molecule has 0 atom stereocenters. The number of fused-ring (bicyclic) bond motifs is 1. The Hall–Kier alpha value is -3.56. The normalized spacial score (nSPS) is 10.5. The summed E-state index contributed by atoms with van der Waals surface area (Å²) < 4.78 is 1.02. The molecule has 6 heteroatoms. The van der Waals surface area contributed by atoms with Crippen LogP contribution in [0.4, 0.5) is 5.13 Å². The molecule has 4 rings (SSSR count). The first-order valence-electron chi connectivity index (χ1n) is 8.31.